The van der Waals surface area contributed by atoms with E-state index in [2.05, 4.69) is 13.8 Å². The molecule has 0 aromatic heterocycles. The van der Waals surface area contributed by atoms with Gasteiger partial charge in [-0.15, -0.1) is 0 Å². The first-order valence-corrected chi connectivity index (χ1v) is 7.70. The van der Waals surface area contributed by atoms with Gasteiger partial charge in [-0.1, -0.05) is 51.5 Å². The lowest BCUT2D eigenvalue weighted by atomic mass is 10.0. The number of rotatable bonds is 8. The van der Waals surface area contributed by atoms with Gasteiger partial charge >= 0.3 is 0 Å². The highest BCUT2D eigenvalue weighted by Crippen LogP contribution is 2.22. The topological polar surface area (TPSA) is 63.4 Å². The summed E-state index contributed by atoms with van der Waals surface area (Å²) in [5.74, 6) is 0.592. The average molecular weight is 272 g/mol. The quantitative estimate of drug-likeness (QED) is 0.418. The van der Waals surface area contributed by atoms with Crippen molar-refractivity contribution in [3.05, 3.63) is 0 Å². The summed E-state index contributed by atoms with van der Waals surface area (Å²) in [5, 5.41) is 5.04. The second kappa shape index (κ2) is 7.79. The maximum atomic E-state index is 11.8. The Morgan fingerprint density at radius 3 is 2.50 bits per heavy atom. The Balaban J connectivity index is 2.16. The van der Waals surface area contributed by atoms with Crippen LogP contribution in [0.25, 0.3) is 0 Å². The molecule has 1 heterocycles. The van der Waals surface area contributed by atoms with Gasteiger partial charge in [0.1, 0.15) is 5.25 Å². The van der Waals surface area contributed by atoms with Crippen molar-refractivity contribution in [1.82, 2.24) is 4.90 Å². The predicted octanol–water partition coefficient (Wildman–Crippen LogP) is 2.33. The highest BCUT2D eigenvalue weighted by Gasteiger charge is 2.37. The van der Waals surface area contributed by atoms with Crippen molar-refractivity contribution in [3.8, 4) is 0 Å². The molecule has 0 aliphatic carbocycles. The molecule has 104 valence electrons. The molecule has 2 amide bonds. The first-order valence-electron chi connectivity index (χ1n) is 6.76. The van der Waals surface area contributed by atoms with Crippen molar-refractivity contribution in [3.63, 3.8) is 0 Å². The fraction of sp³-hybridized carbons (Fsp3) is 0.846. The minimum atomic E-state index is -0.349. The summed E-state index contributed by atoms with van der Waals surface area (Å²) in [6, 6.07) is 0. The average Bonchev–Trinajstić information content (AvgIpc) is 2.59. The summed E-state index contributed by atoms with van der Waals surface area (Å²) in [5.41, 5.74) is 0. The molecule has 5 heteroatoms. The number of nitrogens with zero attached hydrogens (tertiary/aromatic N) is 1. The van der Waals surface area contributed by atoms with Crippen molar-refractivity contribution in [2.24, 2.45) is 11.1 Å². The van der Waals surface area contributed by atoms with Gasteiger partial charge in [0.15, 0.2) is 0 Å². The summed E-state index contributed by atoms with van der Waals surface area (Å²) < 4.78 is 0. The van der Waals surface area contributed by atoms with E-state index in [9.17, 15) is 9.59 Å². The predicted molar refractivity (Wildman–Crippen MR) is 74.8 cm³/mol. The molecule has 1 rings (SSSR count). The highest BCUT2D eigenvalue weighted by molar-refractivity contribution is 7.98. The van der Waals surface area contributed by atoms with E-state index in [1.807, 2.05) is 0 Å². The van der Waals surface area contributed by atoms with Crippen LogP contribution in [0, 0.1) is 5.92 Å². The summed E-state index contributed by atoms with van der Waals surface area (Å²) in [6.45, 7) is 5.02. The van der Waals surface area contributed by atoms with Crippen LogP contribution >= 0.6 is 11.9 Å². The third-order valence-corrected chi connectivity index (χ3v) is 3.98. The van der Waals surface area contributed by atoms with Crippen molar-refractivity contribution < 1.29 is 9.59 Å². The van der Waals surface area contributed by atoms with E-state index < -0.39 is 0 Å². The van der Waals surface area contributed by atoms with Gasteiger partial charge in [-0.2, -0.15) is 0 Å². The van der Waals surface area contributed by atoms with Crippen LogP contribution in [0.3, 0.4) is 0 Å². The van der Waals surface area contributed by atoms with Crippen LogP contribution in [0.2, 0.25) is 0 Å². The molecule has 1 aliphatic heterocycles. The van der Waals surface area contributed by atoms with Gasteiger partial charge in [0.25, 0.3) is 0 Å². The SMILES string of the molecule is CC(C)CCCCCCN1C(=O)C[C@@H](SN)C1=O. The van der Waals surface area contributed by atoms with E-state index in [-0.39, 0.29) is 23.5 Å². The van der Waals surface area contributed by atoms with Crippen LogP contribution in [0.15, 0.2) is 0 Å². The van der Waals surface area contributed by atoms with Crippen LogP contribution in [0.4, 0.5) is 0 Å². The number of imide groups is 1. The zero-order valence-electron chi connectivity index (χ0n) is 11.4. The van der Waals surface area contributed by atoms with Crippen molar-refractivity contribution in [1.29, 1.82) is 0 Å². The molecule has 4 nitrogen and oxygen atoms in total. The van der Waals surface area contributed by atoms with E-state index in [0.717, 1.165) is 30.7 Å². The van der Waals surface area contributed by atoms with Crippen molar-refractivity contribution >= 4 is 23.8 Å². The van der Waals surface area contributed by atoms with Crippen LogP contribution in [-0.2, 0) is 9.59 Å². The van der Waals surface area contributed by atoms with Gasteiger partial charge in [-0.25, -0.2) is 0 Å². The molecule has 2 N–H and O–H groups in total. The smallest absolute Gasteiger partial charge is 0.244 e. The second-order valence-corrected chi connectivity index (χ2v) is 6.15. The summed E-state index contributed by atoms with van der Waals surface area (Å²) in [7, 11) is 0. The molecule has 0 spiro atoms. The van der Waals surface area contributed by atoms with Gasteiger partial charge in [0.05, 0.1) is 0 Å². The van der Waals surface area contributed by atoms with Gasteiger partial charge < -0.3 is 0 Å². The molecule has 0 radical (unpaired) electrons. The maximum absolute atomic E-state index is 11.8. The summed E-state index contributed by atoms with van der Waals surface area (Å²) in [6.07, 6.45) is 5.95. The summed E-state index contributed by atoms with van der Waals surface area (Å²) in [4.78, 5) is 24.7. The Kier molecular flexibility index (Phi) is 6.71. The number of likely N-dealkylation sites (tertiary alicyclic amines) is 1. The van der Waals surface area contributed by atoms with Gasteiger partial charge in [-0.3, -0.25) is 19.6 Å². The Labute approximate surface area is 114 Å². The molecule has 1 saturated heterocycles. The molecule has 0 aromatic carbocycles. The minimum Gasteiger partial charge on any atom is -0.282 e. The molecule has 1 aliphatic rings. The molecule has 0 unspecified atom stereocenters. The lowest BCUT2D eigenvalue weighted by Crippen LogP contribution is -2.32. The van der Waals surface area contributed by atoms with Crippen molar-refractivity contribution in [2.75, 3.05) is 6.54 Å². The standard InChI is InChI=1S/C13H24N2O2S/c1-10(2)7-5-3-4-6-8-15-12(16)9-11(18-14)13(15)17/h10-11H,3-9,14H2,1-2H3/t11-/m1/s1. The molecule has 18 heavy (non-hydrogen) atoms. The number of hydrogen-bond donors (Lipinski definition) is 1. The molecule has 0 saturated carbocycles. The summed E-state index contributed by atoms with van der Waals surface area (Å²) >= 11 is 0.987. The Morgan fingerprint density at radius 2 is 1.94 bits per heavy atom. The van der Waals surface area contributed by atoms with Crippen LogP contribution < -0.4 is 5.14 Å². The fourth-order valence-electron chi connectivity index (χ4n) is 2.17. The van der Waals surface area contributed by atoms with Crippen molar-refractivity contribution in [2.45, 2.75) is 57.6 Å². The second-order valence-electron chi connectivity index (χ2n) is 5.31. The number of carbonyl (C=O) groups excluding carboxylic acids is 2. The lowest BCUT2D eigenvalue weighted by Gasteiger charge is -2.14. The lowest BCUT2D eigenvalue weighted by molar-refractivity contribution is -0.138. The molecular weight excluding hydrogens is 248 g/mol. The third-order valence-electron chi connectivity index (χ3n) is 3.28. The number of amides is 2. The number of carbonyl (C=O) groups is 2. The van der Waals surface area contributed by atoms with E-state index in [4.69, 9.17) is 5.14 Å². The first kappa shape index (κ1) is 15.5. The van der Waals surface area contributed by atoms with E-state index in [1.165, 1.54) is 24.2 Å². The number of nitrogens with two attached hydrogens (primary N) is 1. The first-order chi connectivity index (χ1) is 8.56. The van der Waals surface area contributed by atoms with Crippen LogP contribution in [0.5, 0.6) is 0 Å². The zero-order chi connectivity index (χ0) is 13.5. The minimum absolute atomic E-state index is 0.0647. The molecule has 1 fully saturated rings. The Morgan fingerprint density at radius 1 is 1.28 bits per heavy atom. The van der Waals surface area contributed by atoms with E-state index in [0.29, 0.717) is 6.54 Å². The van der Waals surface area contributed by atoms with Gasteiger partial charge in [-0.05, 0) is 12.3 Å². The van der Waals surface area contributed by atoms with Crippen LogP contribution in [0.1, 0.15) is 52.4 Å². The fourth-order valence-corrected chi connectivity index (χ4v) is 2.65. The largest absolute Gasteiger partial charge is 0.282 e. The molecular formula is C13H24N2O2S. The molecule has 0 bridgehead atoms. The third kappa shape index (κ3) is 4.61. The Bertz CT molecular complexity index is 295. The normalized spacial score (nSPS) is 20.2. The van der Waals surface area contributed by atoms with Crippen LogP contribution in [-0.4, -0.2) is 28.5 Å². The Hall–Kier alpha value is -0.550. The highest BCUT2D eigenvalue weighted by atomic mass is 32.2. The van der Waals surface area contributed by atoms with Gasteiger partial charge in [0, 0.05) is 13.0 Å². The zero-order valence-corrected chi connectivity index (χ0v) is 12.2. The molecule has 1 atom stereocenters. The van der Waals surface area contributed by atoms with E-state index >= 15 is 0 Å². The molecule has 0 aromatic rings. The maximum Gasteiger partial charge on any atom is 0.244 e. The monoisotopic (exact) mass is 272 g/mol. The number of hydrogen-bond acceptors (Lipinski definition) is 4. The van der Waals surface area contributed by atoms with E-state index in [1.54, 1.807) is 0 Å². The van der Waals surface area contributed by atoms with Gasteiger partial charge in [0.2, 0.25) is 11.8 Å². The number of unbranched alkanes of at least 4 members (excludes halogenated alkanes) is 3.